The van der Waals surface area contributed by atoms with Gasteiger partial charge in [0.05, 0.1) is 11.6 Å². The van der Waals surface area contributed by atoms with Gasteiger partial charge in [-0.05, 0) is 43.0 Å². The molecule has 1 aliphatic carbocycles. The van der Waals surface area contributed by atoms with Crippen LogP contribution in [-0.4, -0.2) is 31.0 Å². The van der Waals surface area contributed by atoms with Gasteiger partial charge in [-0.15, -0.1) is 0 Å². The van der Waals surface area contributed by atoms with E-state index in [-0.39, 0.29) is 12.5 Å². The highest BCUT2D eigenvalue weighted by atomic mass is 16.5. The van der Waals surface area contributed by atoms with Gasteiger partial charge in [0, 0.05) is 13.6 Å². The number of carbonyl (C=O) groups is 1. The summed E-state index contributed by atoms with van der Waals surface area (Å²) in [6, 6.07) is 8.79. The Morgan fingerprint density at radius 1 is 1.44 bits per heavy atom. The Morgan fingerprint density at radius 2 is 2.11 bits per heavy atom. The van der Waals surface area contributed by atoms with Gasteiger partial charge in [0.2, 0.25) is 0 Å². The van der Waals surface area contributed by atoms with Crippen molar-refractivity contribution in [3.05, 3.63) is 29.8 Å². The number of hydrogen-bond acceptors (Lipinski definition) is 3. The molecule has 0 spiro atoms. The first-order valence-electron chi connectivity index (χ1n) is 6.06. The maximum atomic E-state index is 11.8. The van der Waals surface area contributed by atoms with Gasteiger partial charge in [-0.2, -0.15) is 5.26 Å². The molecule has 1 saturated carbocycles. The third-order valence-corrected chi connectivity index (χ3v) is 3.00. The van der Waals surface area contributed by atoms with Crippen molar-refractivity contribution in [2.24, 2.45) is 5.92 Å². The largest absolute Gasteiger partial charge is 0.484 e. The Morgan fingerprint density at radius 3 is 2.67 bits per heavy atom. The fourth-order valence-electron chi connectivity index (χ4n) is 1.67. The van der Waals surface area contributed by atoms with Crippen LogP contribution >= 0.6 is 0 Å². The summed E-state index contributed by atoms with van der Waals surface area (Å²) >= 11 is 0. The van der Waals surface area contributed by atoms with Gasteiger partial charge in [0.25, 0.3) is 5.91 Å². The van der Waals surface area contributed by atoms with E-state index in [1.54, 1.807) is 29.2 Å². The number of rotatable bonds is 5. The van der Waals surface area contributed by atoms with Crippen LogP contribution in [0, 0.1) is 17.2 Å². The molecule has 18 heavy (non-hydrogen) atoms. The molecule has 1 aromatic rings. The summed E-state index contributed by atoms with van der Waals surface area (Å²) in [4.78, 5) is 13.5. The molecule has 0 aromatic heterocycles. The predicted octanol–water partition coefficient (Wildman–Crippen LogP) is 1.81. The number of amides is 1. The van der Waals surface area contributed by atoms with Gasteiger partial charge in [0.15, 0.2) is 6.61 Å². The molecule has 0 saturated heterocycles. The molecular weight excluding hydrogens is 228 g/mol. The van der Waals surface area contributed by atoms with Crippen molar-refractivity contribution in [1.29, 1.82) is 5.26 Å². The fraction of sp³-hybridized carbons (Fsp3) is 0.429. The molecule has 1 aromatic carbocycles. The van der Waals surface area contributed by atoms with Crippen LogP contribution in [-0.2, 0) is 4.79 Å². The maximum absolute atomic E-state index is 11.8. The highest BCUT2D eigenvalue weighted by Crippen LogP contribution is 2.29. The van der Waals surface area contributed by atoms with Crippen molar-refractivity contribution in [1.82, 2.24) is 4.90 Å². The highest BCUT2D eigenvalue weighted by Gasteiger charge is 2.24. The van der Waals surface area contributed by atoms with E-state index in [0.717, 1.165) is 6.54 Å². The van der Waals surface area contributed by atoms with E-state index in [4.69, 9.17) is 10.00 Å². The Balaban J connectivity index is 1.78. The van der Waals surface area contributed by atoms with Crippen LogP contribution in [0.15, 0.2) is 24.3 Å². The second-order valence-electron chi connectivity index (χ2n) is 4.64. The van der Waals surface area contributed by atoms with Gasteiger partial charge >= 0.3 is 0 Å². The third kappa shape index (κ3) is 3.49. The molecule has 2 rings (SSSR count). The quantitative estimate of drug-likeness (QED) is 0.793. The predicted molar refractivity (Wildman–Crippen MR) is 67.0 cm³/mol. The van der Waals surface area contributed by atoms with Crippen molar-refractivity contribution in [2.75, 3.05) is 20.2 Å². The van der Waals surface area contributed by atoms with E-state index < -0.39 is 0 Å². The molecule has 0 aliphatic heterocycles. The zero-order chi connectivity index (χ0) is 13.0. The molecule has 0 atom stereocenters. The zero-order valence-corrected chi connectivity index (χ0v) is 10.4. The Kier molecular flexibility index (Phi) is 3.83. The molecule has 1 fully saturated rings. The summed E-state index contributed by atoms with van der Waals surface area (Å²) in [7, 11) is 1.81. The maximum Gasteiger partial charge on any atom is 0.260 e. The molecule has 4 nitrogen and oxygen atoms in total. The number of nitrogens with zero attached hydrogens (tertiary/aromatic N) is 2. The van der Waals surface area contributed by atoms with Crippen molar-refractivity contribution in [3.8, 4) is 11.8 Å². The number of hydrogen-bond donors (Lipinski definition) is 0. The zero-order valence-electron chi connectivity index (χ0n) is 10.4. The molecule has 94 valence electrons. The molecule has 0 bridgehead atoms. The van der Waals surface area contributed by atoms with Crippen molar-refractivity contribution < 1.29 is 9.53 Å². The Hall–Kier alpha value is -2.02. The summed E-state index contributed by atoms with van der Waals surface area (Å²) in [6.45, 7) is 0.880. The Labute approximate surface area is 107 Å². The van der Waals surface area contributed by atoms with E-state index in [2.05, 4.69) is 0 Å². The minimum absolute atomic E-state index is 0.00809. The highest BCUT2D eigenvalue weighted by molar-refractivity contribution is 5.77. The first-order chi connectivity index (χ1) is 8.69. The van der Waals surface area contributed by atoms with Gasteiger partial charge < -0.3 is 9.64 Å². The summed E-state index contributed by atoms with van der Waals surface area (Å²) in [6.07, 6.45) is 2.46. The van der Waals surface area contributed by atoms with Crippen molar-refractivity contribution >= 4 is 5.91 Å². The summed E-state index contributed by atoms with van der Waals surface area (Å²) in [5.41, 5.74) is 0.583. The van der Waals surface area contributed by atoms with Crippen LogP contribution in [0.25, 0.3) is 0 Å². The first-order valence-corrected chi connectivity index (χ1v) is 6.06. The topological polar surface area (TPSA) is 53.3 Å². The lowest BCUT2D eigenvalue weighted by Gasteiger charge is -2.16. The monoisotopic (exact) mass is 244 g/mol. The van der Waals surface area contributed by atoms with Gasteiger partial charge in [0.1, 0.15) is 5.75 Å². The molecule has 1 aliphatic rings. The third-order valence-electron chi connectivity index (χ3n) is 3.00. The van der Waals surface area contributed by atoms with Gasteiger partial charge in [-0.25, -0.2) is 0 Å². The fourth-order valence-corrected chi connectivity index (χ4v) is 1.67. The second-order valence-corrected chi connectivity index (χ2v) is 4.64. The minimum Gasteiger partial charge on any atom is -0.484 e. The number of carbonyl (C=O) groups excluding carboxylic acids is 1. The number of ether oxygens (including phenoxy) is 1. The summed E-state index contributed by atoms with van der Waals surface area (Å²) < 4.78 is 5.39. The van der Waals surface area contributed by atoms with Crippen molar-refractivity contribution in [3.63, 3.8) is 0 Å². The molecular formula is C14H16N2O2. The number of benzene rings is 1. The van der Waals surface area contributed by atoms with Crippen LogP contribution in [0.2, 0.25) is 0 Å². The molecule has 0 unspecified atom stereocenters. The molecule has 1 amide bonds. The lowest BCUT2D eigenvalue weighted by atomic mass is 10.2. The molecule has 4 heteroatoms. The minimum atomic E-state index is -0.00809. The second kappa shape index (κ2) is 5.54. The van der Waals surface area contributed by atoms with Gasteiger partial charge in [-0.1, -0.05) is 0 Å². The van der Waals surface area contributed by atoms with Gasteiger partial charge in [-0.3, -0.25) is 4.79 Å². The normalized spacial score (nSPS) is 13.8. The van der Waals surface area contributed by atoms with E-state index in [0.29, 0.717) is 17.2 Å². The van der Waals surface area contributed by atoms with E-state index in [1.807, 2.05) is 13.1 Å². The van der Waals surface area contributed by atoms with Crippen LogP contribution in [0.4, 0.5) is 0 Å². The van der Waals surface area contributed by atoms with Crippen LogP contribution < -0.4 is 4.74 Å². The van der Waals surface area contributed by atoms with Crippen molar-refractivity contribution in [2.45, 2.75) is 12.8 Å². The standard InChI is InChI=1S/C14H16N2O2/c1-16(9-12-2-3-12)14(17)10-18-13-6-4-11(8-15)5-7-13/h4-7,12H,2-3,9-10H2,1H3. The van der Waals surface area contributed by atoms with Crippen LogP contribution in [0.3, 0.4) is 0 Å². The number of nitriles is 1. The Bertz CT molecular complexity index is 458. The average Bonchev–Trinajstić information content (AvgIpc) is 3.20. The number of likely N-dealkylation sites (N-methyl/N-ethyl adjacent to an activating group) is 1. The summed E-state index contributed by atoms with van der Waals surface area (Å²) in [5, 5.41) is 8.66. The van der Waals surface area contributed by atoms with Crippen LogP contribution in [0.1, 0.15) is 18.4 Å². The lowest BCUT2D eigenvalue weighted by Crippen LogP contribution is -2.32. The van der Waals surface area contributed by atoms with E-state index in [1.165, 1.54) is 12.8 Å². The molecule has 0 radical (unpaired) electrons. The average molecular weight is 244 g/mol. The molecule has 0 heterocycles. The van der Waals surface area contributed by atoms with E-state index >= 15 is 0 Å². The van der Waals surface area contributed by atoms with E-state index in [9.17, 15) is 4.79 Å². The lowest BCUT2D eigenvalue weighted by molar-refractivity contribution is -0.132. The van der Waals surface area contributed by atoms with Crippen LogP contribution in [0.5, 0.6) is 5.75 Å². The molecule has 0 N–H and O–H groups in total. The summed E-state index contributed by atoms with van der Waals surface area (Å²) in [5.74, 6) is 1.29. The smallest absolute Gasteiger partial charge is 0.260 e. The SMILES string of the molecule is CN(CC1CC1)C(=O)COc1ccc(C#N)cc1. The first kappa shape index (κ1) is 12.4.